The summed E-state index contributed by atoms with van der Waals surface area (Å²) >= 11 is 0. The largest absolute Gasteiger partial charge is 0.472 e. The molecule has 1 amide bonds. The molecular weight excluding hydrogens is 713 g/mol. The number of hydrogen-bond donors (Lipinski definition) is 3. The number of rotatable bonds is 40. The third kappa shape index (κ3) is 42.7. The van der Waals surface area contributed by atoms with E-state index in [2.05, 4.69) is 79.9 Å². The van der Waals surface area contributed by atoms with E-state index in [0.29, 0.717) is 6.42 Å². The van der Waals surface area contributed by atoms with Gasteiger partial charge in [-0.25, -0.2) is 4.57 Å². The first-order valence-electron chi connectivity index (χ1n) is 21.8. The predicted octanol–water partition coefficient (Wildman–Crippen LogP) is 12.1. The summed E-state index contributed by atoms with van der Waals surface area (Å²) in [7, 11) is -4.42. The SMILES string of the molecule is CC/C=C\C/C=C\C/C=C\CCCCCCCC(=O)NCCOP(=O)(O)OCC(O)COC(=O)CCCCCCCCCCC/C=C\C/C=C\CCCCC. The first kappa shape index (κ1) is 52.7. The molecule has 0 aliphatic heterocycles. The molecule has 3 N–H and O–H groups in total. The molecule has 318 valence electrons. The number of phosphoric ester groups is 1. The summed E-state index contributed by atoms with van der Waals surface area (Å²) in [6.45, 7) is 3.38. The molecule has 9 nitrogen and oxygen atoms in total. The molecule has 55 heavy (non-hydrogen) atoms. The van der Waals surface area contributed by atoms with Crippen molar-refractivity contribution in [3.63, 3.8) is 0 Å². The minimum absolute atomic E-state index is 0.0692. The summed E-state index contributed by atoms with van der Waals surface area (Å²) in [5.41, 5.74) is 0. The molecule has 0 rings (SSSR count). The number of nitrogens with one attached hydrogen (secondary N) is 1. The Balaban J connectivity index is 3.63. The van der Waals surface area contributed by atoms with Gasteiger partial charge in [0, 0.05) is 19.4 Å². The lowest BCUT2D eigenvalue weighted by atomic mass is 10.1. The zero-order valence-electron chi connectivity index (χ0n) is 34.9. The van der Waals surface area contributed by atoms with Crippen molar-refractivity contribution >= 4 is 19.7 Å². The summed E-state index contributed by atoms with van der Waals surface area (Å²) < 4.78 is 26.9. The van der Waals surface area contributed by atoms with Crippen LogP contribution in [0.15, 0.2) is 60.8 Å². The average molecular weight is 794 g/mol. The quantitative estimate of drug-likeness (QED) is 0.0242. The maximum absolute atomic E-state index is 12.1. The molecule has 2 unspecified atom stereocenters. The fraction of sp³-hybridized carbons (Fsp3) is 0.733. The van der Waals surface area contributed by atoms with Crippen molar-refractivity contribution in [1.29, 1.82) is 0 Å². The smallest absolute Gasteiger partial charge is 0.463 e. The number of ether oxygens (including phenoxy) is 1. The second kappa shape index (κ2) is 41.3. The molecule has 0 bridgehead atoms. The van der Waals surface area contributed by atoms with Crippen LogP contribution in [0.3, 0.4) is 0 Å². The van der Waals surface area contributed by atoms with Crippen LogP contribution >= 0.6 is 7.82 Å². The van der Waals surface area contributed by atoms with Gasteiger partial charge in [-0.1, -0.05) is 152 Å². The van der Waals surface area contributed by atoms with Gasteiger partial charge in [0.2, 0.25) is 5.91 Å². The van der Waals surface area contributed by atoms with Crippen LogP contribution in [0.4, 0.5) is 0 Å². The van der Waals surface area contributed by atoms with Gasteiger partial charge in [0.25, 0.3) is 0 Å². The van der Waals surface area contributed by atoms with E-state index in [1.807, 2.05) is 0 Å². The highest BCUT2D eigenvalue weighted by Crippen LogP contribution is 2.42. The number of unbranched alkanes of at least 4 members (excludes halogenated alkanes) is 17. The number of aliphatic hydroxyl groups excluding tert-OH is 1. The highest BCUT2D eigenvalue weighted by atomic mass is 31.2. The number of carbonyl (C=O) groups is 2. The third-order valence-electron chi connectivity index (χ3n) is 8.93. The van der Waals surface area contributed by atoms with Crippen molar-refractivity contribution in [3.8, 4) is 0 Å². The van der Waals surface area contributed by atoms with Crippen LogP contribution in [0.5, 0.6) is 0 Å². The summed E-state index contributed by atoms with van der Waals surface area (Å²) in [4.78, 5) is 33.9. The predicted molar refractivity (Wildman–Crippen MR) is 229 cm³/mol. The molecule has 10 heteroatoms. The number of aliphatic hydroxyl groups is 1. The van der Waals surface area contributed by atoms with E-state index in [1.165, 1.54) is 70.6 Å². The van der Waals surface area contributed by atoms with Crippen molar-refractivity contribution in [1.82, 2.24) is 5.32 Å². The zero-order valence-corrected chi connectivity index (χ0v) is 35.7. The number of phosphoric acid groups is 1. The van der Waals surface area contributed by atoms with Crippen molar-refractivity contribution in [2.75, 3.05) is 26.4 Å². The van der Waals surface area contributed by atoms with E-state index in [9.17, 15) is 24.2 Å². The monoisotopic (exact) mass is 794 g/mol. The second-order valence-corrected chi connectivity index (χ2v) is 15.7. The van der Waals surface area contributed by atoms with Gasteiger partial charge in [0.15, 0.2) is 0 Å². The van der Waals surface area contributed by atoms with E-state index in [1.54, 1.807) is 0 Å². The van der Waals surface area contributed by atoms with Gasteiger partial charge in [-0.15, -0.1) is 0 Å². The van der Waals surface area contributed by atoms with Crippen molar-refractivity contribution in [2.24, 2.45) is 0 Å². The highest BCUT2D eigenvalue weighted by Gasteiger charge is 2.23. The molecule has 0 radical (unpaired) electrons. The molecule has 2 atom stereocenters. The Morgan fingerprint density at radius 1 is 0.582 bits per heavy atom. The first-order valence-corrected chi connectivity index (χ1v) is 23.3. The van der Waals surface area contributed by atoms with Crippen molar-refractivity contribution in [3.05, 3.63) is 60.8 Å². The summed E-state index contributed by atoms with van der Waals surface area (Å²) in [5, 5.41) is 12.7. The Labute approximate surface area is 336 Å². The van der Waals surface area contributed by atoms with Crippen LogP contribution in [0.25, 0.3) is 0 Å². The van der Waals surface area contributed by atoms with Crippen LogP contribution in [0, 0.1) is 0 Å². The Bertz CT molecular complexity index is 1090. The number of carbonyl (C=O) groups excluding carboxylic acids is 2. The van der Waals surface area contributed by atoms with Gasteiger partial charge < -0.3 is 20.1 Å². The van der Waals surface area contributed by atoms with Crippen LogP contribution in [0.1, 0.15) is 181 Å². The molecule has 0 fully saturated rings. The topological polar surface area (TPSA) is 131 Å². The zero-order chi connectivity index (χ0) is 40.3. The second-order valence-electron chi connectivity index (χ2n) is 14.3. The van der Waals surface area contributed by atoms with E-state index in [-0.39, 0.29) is 32.1 Å². The Hall–Kier alpha value is -2.29. The lowest BCUT2D eigenvalue weighted by molar-refractivity contribution is -0.147. The summed E-state index contributed by atoms with van der Waals surface area (Å²) in [5.74, 6) is -0.541. The fourth-order valence-corrected chi connectivity index (χ4v) is 6.42. The number of amides is 1. The number of allylic oxidation sites excluding steroid dienone is 10. The van der Waals surface area contributed by atoms with E-state index in [4.69, 9.17) is 13.8 Å². The molecule has 0 spiro atoms. The maximum Gasteiger partial charge on any atom is 0.472 e. The molecule has 0 aliphatic carbocycles. The van der Waals surface area contributed by atoms with Gasteiger partial charge in [-0.3, -0.25) is 18.6 Å². The highest BCUT2D eigenvalue weighted by molar-refractivity contribution is 7.47. The van der Waals surface area contributed by atoms with Gasteiger partial charge >= 0.3 is 13.8 Å². The van der Waals surface area contributed by atoms with E-state index >= 15 is 0 Å². The Kier molecular flexibility index (Phi) is 39.6. The van der Waals surface area contributed by atoms with Crippen molar-refractivity contribution in [2.45, 2.75) is 187 Å². The fourth-order valence-electron chi connectivity index (χ4n) is 5.66. The van der Waals surface area contributed by atoms with E-state index in [0.717, 1.165) is 83.5 Å². The van der Waals surface area contributed by atoms with Crippen LogP contribution in [-0.2, 0) is 27.9 Å². The molecule has 0 saturated heterocycles. The average Bonchev–Trinajstić information content (AvgIpc) is 3.17. The molecule has 0 heterocycles. The maximum atomic E-state index is 12.1. The molecule has 0 saturated carbocycles. The minimum Gasteiger partial charge on any atom is -0.463 e. The Morgan fingerprint density at radius 2 is 1.04 bits per heavy atom. The van der Waals surface area contributed by atoms with Crippen LogP contribution in [-0.4, -0.2) is 54.3 Å². The normalized spacial score (nSPS) is 13.9. The summed E-state index contributed by atoms with van der Waals surface area (Å²) in [6.07, 6.45) is 48.6. The third-order valence-corrected chi connectivity index (χ3v) is 9.92. The standard InChI is InChI=1S/C45H80NO8P/c1-3-5-7-9-11-13-15-17-19-20-21-22-24-26-28-30-32-34-36-38-45(49)52-41-43(47)42-54-55(50,51)53-40-39-46-44(48)37-35-33-31-29-27-25-23-18-16-14-12-10-8-6-4-2/h6,8,11-14,17-19,23,43,47H,3-5,7,9-10,15-16,20-22,24-42H2,1-2H3,(H,46,48)(H,50,51)/b8-6-,13-11-,14-12-,19-17-,23-18-. The molecular formula is C45H80NO8P. The van der Waals surface area contributed by atoms with Crippen LogP contribution in [0.2, 0.25) is 0 Å². The van der Waals surface area contributed by atoms with Gasteiger partial charge in [0.1, 0.15) is 12.7 Å². The van der Waals surface area contributed by atoms with Crippen molar-refractivity contribution < 1.29 is 37.9 Å². The van der Waals surface area contributed by atoms with Crippen LogP contribution < -0.4 is 5.32 Å². The number of hydrogen-bond acceptors (Lipinski definition) is 7. The lowest BCUT2D eigenvalue weighted by Crippen LogP contribution is -2.27. The van der Waals surface area contributed by atoms with E-state index < -0.39 is 26.5 Å². The minimum atomic E-state index is -4.42. The Morgan fingerprint density at radius 3 is 1.56 bits per heavy atom. The first-order chi connectivity index (χ1) is 26.8. The van der Waals surface area contributed by atoms with Gasteiger partial charge in [-0.05, 0) is 77.0 Å². The summed E-state index contributed by atoms with van der Waals surface area (Å²) in [6, 6.07) is 0. The molecule has 0 aromatic carbocycles. The van der Waals surface area contributed by atoms with Gasteiger partial charge in [-0.2, -0.15) is 0 Å². The molecule has 0 aliphatic rings. The molecule has 0 aromatic rings. The number of esters is 1. The molecule has 0 aromatic heterocycles. The van der Waals surface area contributed by atoms with Gasteiger partial charge in [0.05, 0.1) is 13.2 Å². The lowest BCUT2D eigenvalue weighted by Gasteiger charge is -2.15.